The quantitative estimate of drug-likeness (QED) is 0.620. The summed E-state index contributed by atoms with van der Waals surface area (Å²) >= 11 is 5.81. The van der Waals surface area contributed by atoms with Gasteiger partial charge in [0.15, 0.2) is 0 Å². The van der Waals surface area contributed by atoms with Crippen LogP contribution in [0.15, 0.2) is 24.3 Å². The Hall–Kier alpha value is -1.02. The van der Waals surface area contributed by atoms with Gasteiger partial charge in [-0.05, 0) is 24.1 Å². The van der Waals surface area contributed by atoms with Crippen LogP contribution in [0.25, 0.3) is 0 Å². The lowest BCUT2D eigenvalue weighted by atomic mass is 10.1. The second-order valence-corrected chi connectivity index (χ2v) is 5.71. The fourth-order valence-corrected chi connectivity index (χ4v) is 2.29. The van der Waals surface area contributed by atoms with Crippen LogP contribution in [0.5, 0.6) is 0 Å². The lowest BCUT2D eigenvalue weighted by Crippen LogP contribution is -2.26. The van der Waals surface area contributed by atoms with Gasteiger partial charge in [-0.1, -0.05) is 69.2 Å². The molecule has 0 aliphatic rings. The van der Waals surface area contributed by atoms with E-state index in [1.54, 1.807) is 0 Å². The van der Waals surface area contributed by atoms with E-state index >= 15 is 0 Å². The van der Waals surface area contributed by atoms with Crippen molar-refractivity contribution in [1.29, 1.82) is 0 Å². The van der Waals surface area contributed by atoms with Crippen LogP contribution in [-0.2, 0) is 11.2 Å². The second-order valence-electron chi connectivity index (χ2n) is 5.27. The molecule has 0 spiro atoms. The largest absolute Gasteiger partial charge is 0.356 e. The van der Waals surface area contributed by atoms with Crippen molar-refractivity contribution in [3.63, 3.8) is 0 Å². The molecule has 0 saturated carbocycles. The first-order chi connectivity index (χ1) is 9.72. The van der Waals surface area contributed by atoms with Gasteiger partial charge in [0.2, 0.25) is 5.91 Å². The lowest BCUT2D eigenvalue weighted by Gasteiger charge is -2.05. The summed E-state index contributed by atoms with van der Waals surface area (Å²) in [5.41, 5.74) is 1.01. The number of hydrogen-bond acceptors (Lipinski definition) is 1. The van der Waals surface area contributed by atoms with Crippen molar-refractivity contribution < 1.29 is 4.79 Å². The minimum Gasteiger partial charge on any atom is -0.356 e. The number of halogens is 1. The standard InChI is InChI=1S/C17H26ClNO/c1-2-3-4-5-6-7-8-13-19-17(20)14-15-9-11-16(18)12-10-15/h9-12H,2-8,13-14H2,1H3,(H,19,20). The van der Waals surface area contributed by atoms with Crippen molar-refractivity contribution >= 4 is 17.5 Å². The van der Waals surface area contributed by atoms with Gasteiger partial charge in [0.05, 0.1) is 6.42 Å². The zero-order valence-electron chi connectivity index (χ0n) is 12.5. The molecule has 0 heterocycles. The summed E-state index contributed by atoms with van der Waals surface area (Å²) < 4.78 is 0. The molecule has 0 unspecified atom stereocenters. The molecule has 1 amide bonds. The number of carbonyl (C=O) groups is 1. The highest BCUT2D eigenvalue weighted by molar-refractivity contribution is 6.30. The van der Waals surface area contributed by atoms with Gasteiger partial charge < -0.3 is 5.32 Å². The topological polar surface area (TPSA) is 29.1 Å². The number of amides is 1. The Balaban J connectivity index is 2.01. The van der Waals surface area contributed by atoms with Gasteiger partial charge in [-0.3, -0.25) is 4.79 Å². The highest BCUT2D eigenvalue weighted by atomic mass is 35.5. The maximum atomic E-state index is 11.7. The van der Waals surface area contributed by atoms with E-state index in [9.17, 15) is 4.79 Å². The van der Waals surface area contributed by atoms with Crippen LogP contribution in [0.2, 0.25) is 5.02 Å². The Labute approximate surface area is 127 Å². The smallest absolute Gasteiger partial charge is 0.224 e. The van der Waals surface area contributed by atoms with Gasteiger partial charge in [-0.2, -0.15) is 0 Å². The average molecular weight is 296 g/mol. The minimum atomic E-state index is 0.0957. The van der Waals surface area contributed by atoms with Crippen molar-refractivity contribution in [3.05, 3.63) is 34.9 Å². The summed E-state index contributed by atoms with van der Waals surface area (Å²) in [4.78, 5) is 11.7. The molecule has 0 saturated heterocycles. The molecular formula is C17H26ClNO. The average Bonchev–Trinajstić information content (AvgIpc) is 2.44. The zero-order chi connectivity index (χ0) is 14.6. The Kier molecular flexibility index (Phi) is 9.14. The van der Waals surface area contributed by atoms with Gasteiger partial charge in [0.1, 0.15) is 0 Å². The molecule has 0 aliphatic carbocycles. The summed E-state index contributed by atoms with van der Waals surface area (Å²) in [7, 11) is 0. The molecule has 20 heavy (non-hydrogen) atoms. The third kappa shape index (κ3) is 8.21. The fraction of sp³-hybridized carbons (Fsp3) is 0.588. The number of unbranched alkanes of at least 4 members (excludes halogenated alkanes) is 6. The van der Waals surface area contributed by atoms with Gasteiger partial charge in [-0.15, -0.1) is 0 Å². The number of benzene rings is 1. The molecule has 0 radical (unpaired) electrons. The maximum Gasteiger partial charge on any atom is 0.224 e. The second kappa shape index (κ2) is 10.7. The van der Waals surface area contributed by atoms with Crippen molar-refractivity contribution in [2.75, 3.05) is 6.54 Å². The summed E-state index contributed by atoms with van der Waals surface area (Å²) in [6, 6.07) is 7.44. The third-order valence-electron chi connectivity index (χ3n) is 3.38. The predicted octanol–water partition coefficient (Wildman–Crippen LogP) is 4.75. The summed E-state index contributed by atoms with van der Waals surface area (Å²) in [6.07, 6.45) is 9.33. The van der Waals surface area contributed by atoms with Gasteiger partial charge in [0.25, 0.3) is 0 Å². The van der Waals surface area contributed by atoms with E-state index in [0.717, 1.165) is 18.5 Å². The monoisotopic (exact) mass is 295 g/mol. The number of nitrogens with one attached hydrogen (secondary N) is 1. The Morgan fingerprint density at radius 3 is 2.25 bits per heavy atom. The normalized spacial score (nSPS) is 10.5. The summed E-state index contributed by atoms with van der Waals surface area (Å²) in [6.45, 7) is 3.02. The highest BCUT2D eigenvalue weighted by Gasteiger charge is 2.02. The van der Waals surface area contributed by atoms with Crippen molar-refractivity contribution in [2.45, 2.75) is 58.3 Å². The van der Waals surface area contributed by atoms with E-state index in [1.807, 2.05) is 24.3 Å². The predicted molar refractivity (Wildman–Crippen MR) is 86.2 cm³/mol. The number of carbonyl (C=O) groups excluding carboxylic acids is 1. The van der Waals surface area contributed by atoms with Gasteiger partial charge in [-0.25, -0.2) is 0 Å². The minimum absolute atomic E-state index is 0.0957. The van der Waals surface area contributed by atoms with Crippen LogP contribution in [0.1, 0.15) is 57.4 Å². The maximum absolute atomic E-state index is 11.7. The van der Waals surface area contributed by atoms with E-state index in [0.29, 0.717) is 11.4 Å². The van der Waals surface area contributed by atoms with Gasteiger partial charge >= 0.3 is 0 Å². The van der Waals surface area contributed by atoms with E-state index in [4.69, 9.17) is 11.6 Å². The Bertz CT molecular complexity index is 375. The van der Waals surface area contributed by atoms with Crippen LogP contribution < -0.4 is 5.32 Å². The van der Waals surface area contributed by atoms with Crippen LogP contribution in [0.4, 0.5) is 0 Å². The molecule has 1 rings (SSSR count). The van der Waals surface area contributed by atoms with E-state index in [-0.39, 0.29) is 5.91 Å². The van der Waals surface area contributed by atoms with Crippen LogP contribution in [-0.4, -0.2) is 12.5 Å². The Morgan fingerprint density at radius 1 is 1.00 bits per heavy atom. The molecular weight excluding hydrogens is 270 g/mol. The highest BCUT2D eigenvalue weighted by Crippen LogP contribution is 2.10. The van der Waals surface area contributed by atoms with E-state index < -0.39 is 0 Å². The lowest BCUT2D eigenvalue weighted by molar-refractivity contribution is -0.120. The zero-order valence-corrected chi connectivity index (χ0v) is 13.2. The SMILES string of the molecule is CCCCCCCCCNC(=O)Cc1ccc(Cl)cc1. The third-order valence-corrected chi connectivity index (χ3v) is 3.63. The molecule has 3 heteroatoms. The molecule has 1 aromatic carbocycles. The molecule has 1 N–H and O–H groups in total. The first-order valence-corrected chi connectivity index (χ1v) is 8.11. The van der Waals surface area contributed by atoms with Crippen LogP contribution >= 0.6 is 11.6 Å². The van der Waals surface area contributed by atoms with Crippen molar-refractivity contribution in [3.8, 4) is 0 Å². The number of hydrogen-bond donors (Lipinski definition) is 1. The molecule has 112 valence electrons. The fourth-order valence-electron chi connectivity index (χ4n) is 2.16. The molecule has 1 aromatic rings. The molecule has 0 atom stereocenters. The van der Waals surface area contributed by atoms with Gasteiger partial charge in [0, 0.05) is 11.6 Å². The van der Waals surface area contributed by atoms with Crippen LogP contribution in [0, 0.1) is 0 Å². The molecule has 2 nitrogen and oxygen atoms in total. The number of rotatable bonds is 10. The van der Waals surface area contributed by atoms with E-state index in [1.165, 1.54) is 38.5 Å². The van der Waals surface area contributed by atoms with E-state index in [2.05, 4.69) is 12.2 Å². The first kappa shape index (κ1) is 17.0. The molecule has 0 aromatic heterocycles. The Morgan fingerprint density at radius 2 is 1.60 bits per heavy atom. The van der Waals surface area contributed by atoms with Crippen molar-refractivity contribution in [2.24, 2.45) is 0 Å². The summed E-state index contributed by atoms with van der Waals surface area (Å²) in [5, 5.41) is 3.68. The molecule has 0 bridgehead atoms. The van der Waals surface area contributed by atoms with Crippen LogP contribution in [0.3, 0.4) is 0 Å². The molecule has 0 fully saturated rings. The van der Waals surface area contributed by atoms with Crippen molar-refractivity contribution in [1.82, 2.24) is 5.32 Å². The molecule has 0 aliphatic heterocycles. The summed E-state index contributed by atoms with van der Waals surface area (Å²) in [5.74, 6) is 0.0957. The first-order valence-electron chi connectivity index (χ1n) is 7.73.